The molecule has 18 heavy (non-hydrogen) atoms. The van der Waals surface area contributed by atoms with Gasteiger partial charge in [-0.1, -0.05) is 0 Å². The molecular formula is C13H9F2N3. The van der Waals surface area contributed by atoms with Crippen molar-refractivity contribution >= 4 is 0 Å². The summed E-state index contributed by atoms with van der Waals surface area (Å²) in [4.78, 5) is 0. The average molecular weight is 245 g/mol. The molecule has 0 fully saturated rings. The lowest BCUT2D eigenvalue weighted by molar-refractivity contribution is 0.602. The molecule has 3 aromatic rings. The Morgan fingerprint density at radius 2 is 2.00 bits per heavy atom. The maximum absolute atomic E-state index is 13.7. The first kappa shape index (κ1) is 10.7. The summed E-state index contributed by atoms with van der Waals surface area (Å²) in [7, 11) is 0. The van der Waals surface area contributed by atoms with Crippen molar-refractivity contribution in [2.45, 2.75) is 0 Å². The molecule has 0 unspecified atom stereocenters. The smallest absolute Gasteiger partial charge is 0.132 e. The molecule has 0 atom stereocenters. The van der Waals surface area contributed by atoms with E-state index in [1.165, 1.54) is 6.07 Å². The van der Waals surface area contributed by atoms with Gasteiger partial charge in [-0.15, -0.1) is 0 Å². The fraction of sp³-hybridized carbons (Fsp3) is 0. The third-order valence-corrected chi connectivity index (χ3v) is 2.70. The summed E-state index contributed by atoms with van der Waals surface area (Å²) >= 11 is 0. The third-order valence-electron chi connectivity index (χ3n) is 2.70. The van der Waals surface area contributed by atoms with E-state index in [-0.39, 0.29) is 5.56 Å². The number of aromatic nitrogens is 3. The van der Waals surface area contributed by atoms with Crippen LogP contribution >= 0.6 is 0 Å². The summed E-state index contributed by atoms with van der Waals surface area (Å²) in [5, 5.41) is 6.62. The second-order valence-corrected chi connectivity index (χ2v) is 3.83. The zero-order chi connectivity index (χ0) is 12.5. The van der Waals surface area contributed by atoms with Gasteiger partial charge < -0.3 is 4.57 Å². The van der Waals surface area contributed by atoms with Crippen LogP contribution < -0.4 is 0 Å². The van der Waals surface area contributed by atoms with E-state index in [4.69, 9.17) is 0 Å². The van der Waals surface area contributed by atoms with Crippen LogP contribution in [0.2, 0.25) is 0 Å². The van der Waals surface area contributed by atoms with Gasteiger partial charge in [0.2, 0.25) is 0 Å². The Labute approximate surface area is 102 Å². The van der Waals surface area contributed by atoms with Gasteiger partial charge in [0.15, 0.2) is 0 Å². The normalized spacial score (nSPS) is 10.8. The van der Waals surface area contributed by atoms with E-state index in [1.54, 1.807) is 35.2 Å². The van der Waals surface area contributed by atoms with Gasteiger partial charge in [-0.2, -0.15) is 5.10 Å². The van der Waals surface area contributed by atoms with Crippen molar-refractivity contribution < 1.29 is 8.78 Å². The molecular weight excluding hydrogens is 236 g/mol. The van der Waals surface area contributed by atoms with Crippen LogP contribution in [0.5, 0.6) is 0 Å². The van der Waals surface area contributed by atoms with Gasteiger partial charge in [0.25, 0.3) is 0 Å². The molecule has 0 saturated heterocycles. The predicted octanol–water partition coefficient (Wildman–Crippen LogP) is 3.15. The van der Waals surface area contributed by atoms with Crippen LogP contribution in [0, 0.1) is 11.6 Å². The molecule has 2 heterocycles. The van der Waals surface area contributed by atoms with Gasteiger partial charge >= 0.3 is 0 Å². The Kier molecular flexibility index (Phi) is 2.44. The first-order valence-corrected chi connectivity index (χ1v) is 5.38. The van der Waals surface area contributed by atoms with Crippen LogP contribution in [0.4, 0.5) is 8.78 Å². The topological polar surface area (TPSA) is 33.6 Å². The first-order chi connectivity index (χ1) is 8.75. The number of nitrogens with one attached hydrogen (secondary N) is 1. The summed E-state index contributed by atoms with van der Waals surface area (Å²) in [6.45, 7) is 0. The lowest BCUT2D eigenvalue weighted by Crippen LogP contribution is -1.97. The second kappa shape index (κ2) is 4.10. The highest BCUT2D eigenvalue weighted by Gasteiger charge is 2.12. The fourth-order valence-electron chi connectivity index (χ4n) is 1.89. The molecule has 0 spiro atoms. The highest BCUT2D eigenvalue weighted by molar-refractivity contribution is 5.63. The van der Waals surface area contributed by atoms with Gasteiger partial charge in [0.05, 0.1) is 11.9 Å². The van der Waals surface area contributed by atoms with E-state index >= 15 is 0 Å². The van der Waals surface area contributed by atoms with Crippen LogP contribution in [0.25, 0.3) is 17.1 Å². The van der Waals surface area contributed by atoms with Crippen molar-refractivity contribution in [1.82, 2.24) is 14.8 Å². The summed E-state index contributed by atoms with van der Waals surface area (Å²) in [6.07, 6.45) is 3.36. The Hall–Kier alpha value is -2.43. The van der Waals surface area contributed by atoms with Gasteiger partial charge in [-0.3, -0.25) is 5.10 Å². The summed E-state index contributed by atoms with van der Waals surface area (Å²) < 4.78 is 28.7. The van der Waals surface area contributed by atoms with Crippen LogP contribution in [-0.4, -0.2) is 14.8 Å². The molecule has 0 radical (unpaired) electrons. The van der Waals surface area contributed by atoms with E-state index in [9.17, 15) is 8.78 Å². The molecule has 3 nitrogen and oxygen atoms in total. The minimum absolute atomic E-state index is 0.217. The van der Waals surface area contributed by atoms with Crippen molar-refractivity contribution in [3.63, 3.8) is 0 Å². The zero-order valence-electron chi connectivity index (χ0n) is 9.27. The van der Waals surface area contributed by atoms with Crippen LogP contribution in [0.1, 0.15) is 0 Å². The largest absolute Gasteiger partial charge is 0.302 e. The molecule has 0 bridgehead atoms. The van der Waals surface area contributed by atoms with E-state index in [0.717, 1.165) is 12.1 Å². The van der Waals surface area contributed by atoms with Crippen LogP contribution in [-0.2, 0) is 0 Å². The maximum Gasteiger partial charge on any atom is 0.132 e. The van der Waals surface area contributed by atoms with E-state index < -0.39 is 11.6 Å². The Morgan fingerprint density at radius 3 is 2.78 bits per heavy atom. The molecule has 0 aliphatic heterocycles. The number of benzene rings is 1. The molecule has 3 rings (SSSR count). The van der Waals surface area contributed by atoms with E-state index in [0.29, 0.717) is 11.5 Å². The molecule has 0 saturated carbocycles. The van der Waals surface area contributed by atoms with Crippen LogP contribution in [0.3, 0.4) is 0 Å². The number of halogens is 2. The van der Waals surface area contributed by atoms with Crippen molar-refractivity contribution in [2.24, 2.45) is 0 Å². The highest BCUT2D eigenvalue weighted by atomic mass is 19.1. The number of aromatic amines is 1. The lowest BCUT2D eigenvalue weighted by atomic mass is 10.1. The van der Waals surface area contributed by atoms with Crippen molar-refractivity contribution in [1.29, 1.82) is 0 Å². The second-order valence-electron chi connectivity index (χ2n) is 3.83. The summed E-state index contributed by atoms with van der Waals surface area (Å²) in [5.74, 6) is -0.238. The number of hydrogen-bond acceptors (Lipinski definition) is 1. The standard InChI is InChI=1S/C13H9F2N3/c14-9-3-4-11(15)10(8-9)12-2-1-7-18(12)13-5-6-16-17-13/h1-8H,(H,16,17). The molecule has 0 aliphatic rings. The number of nitrogens with zero attached hydrogens (tertiary/aromatic N) is 2. The lowest BCUT2D eigenvalue weighted by Gasteiger charge is -2.08. The number of hydrogen-bond donors (Lipinski definition) is 1. The van der Waals surface area contributed by atoms with Gasteiger partial charge in [-0.25, -0.2) is 8.78 Å². The highest BCUT2D eigenvalue weighted by Crippen LogP contribution is 2.26. The van der Waals surface area contributed by atoms with Gasteiger partial charge in [0.1, 0.15) is 17.5 Å². The maximum atomic E-state index is 13.7. The zero-order valence-corrected chi connectivity index (χ0v) is 9.27. The van der Waals surface area contributed by atoms with Crippen molar-refractivity contribution in [3.8, 4) is 17.1 Å². The molecule has 1 aromatic carbocycles. The van der Waals surface area contributed by atoms with E-state index in [2.05, 4.69) is 10.2 Å². The van der Waals surface area contributed by atoms with E-state index in [1.807, 2.05) is 0 Å². The van der Waals surface area contributed by atoms with Crippen molar-refractivity contribution in [3.05, 3.63) is 60.4 Å². The molecule has 0 aliphatic carbocycles. The Balaban J connectivity index is 2.19. The summed E-state index contributed by atoms with van der Waals surface area (Å²) in [6, 6.07) is 8.63. The number of rotatable bonds is 2. The van der Waals surface area contributed by atoms with Gasteiger partial charge in [0, 0.05) is 17.8 Å². The monoisotopic (exact) mass is 245 g/mol. The van der Waals surface area contributed by atoms with Crippen molar-refractivity contribution in [2.75, 3.05) is 0 Å². The molecule has 90 valence electrons. The number of H-pyrrole nitrogens is 1. The fourth-order valence-corrected chi connectivity index (χ4v) is 1.89. The van der Waals surface area contributed by atoms with Crippen LogP contribution in [0.15, 0.2) is 48.8 Å². The summed E-state index contributed by atoms with van der Waals surface area (Å²) in [5.41, 5.74) is 0.783. The molecule has 5 heteroatoms. The quantitative estimate of drug-likeness (QED) is 0.739. The molecule has 1 N–H and O–H groups in total. The SMILES string of the molecule is Fc1ccc(F)c(-c2cccn2-c2ccn[nH]2)c1. The minimum Gasteiger partial charge on any atom is -0.302 e. The average Bonchev–Trinajstić information content (AvgIpc) is 3.00. The molecule has 0 amide bonds. The minimum atomic E-state index is -0.469. The Morgan fingerprint density at radius 1 is 1.11 bits per heavy atom. The third kappa shape index (κ3) is 1.69. The first-order valence-electron chi connectivity index (χ1n) is 5.38. The predicted molar refractivity (Wildman–Crippen MR) is 63.3 cm³/mol. The van der Waals surface area contributed by atoms with Gasteiger partial charge in [-0.05, 0) is 30.3 Å². The Bertz CT molecular complexity index is 671. The molecule has 2 aromatic heterocycles.